The molecule has 0 fully saturated rings. The second-order valence-corrected chi connectivity index (χ2v) is 4.82. The summed E-state index contributed by atoms with van der Waals surface area (Å²) in [6, 6.07) is 9.27. The fourth-order valence-corrected chi connectivity index (χ4v) is 2.15. The van der Waals surface area contributed by atoms with E-state index in [2.05, 4.69) is 9.97 Å². The van der Waals surface area contributed by atoms with E-state index in [1.54, 1.807) is 36.6 Å². The molecule has 2 heterocycles. The molecule has 0 amide bonds. The molecule has 1 aromatic carbocycles. The minimum absolute atomic E-state index is 0.139. The van der Waals surface area contributed by atoms with E-state index in [0.717, 1.165) is 11.3 Å². The molecule has 116 valence electrons. The summed E-state index contributed by atoms with van der Waals surface area (Å²) in [4.78, 5) is 10.1. The highest BCUT2D eigenvalue weighted by atomic mass is 19.1. The number of nitrogens with zero attached hydrogens (tertiary/aromatic N) is 3. The van der Waals surface area contributed by atoms with Crippen molar-refractivity contribution in [2.75, 3.05) is 17.7 Å². The zero-order chi connectivity index (χ0) is 16.2. The largest absolute Gasteiger partial charge is 0.497 e. The van der Waals surface area contributed by atoms with Crippen molar-refractivity contribution in [1.82, 2.24) is 9.97 Å². The number of methoxy groups -OCH3 is 1. The van der Waals surface area contributed by atoms with Crippen molar-refractivity contribution < 1.29 is 9.13 Å². The third-order valence-corrected chi connectivity index (χ3v) is 3.26. The van der Waals surface area contributed by atoms with E-state index in [9.17, 15) is 4.39 Å². The fraction of sp³-hybridized carbons (Fsp3) is 0.0588. The lowest BCUT2D eigenvalue weighted by Crippen LogP contribution is -2.10. The zero-order valence-corrected chi connectivity index (χ0v) is 12.5. The SMILES string of the molecule is COc1cccc(-c2cc(N3C=CC=C(F)C=C3)nc(N)n2)c1. The molecule has 1 aromatic heterocycles. The van der Waals surface area contributed by atoms with Crippen LogP contribution in [0.1, 0.15) is 0 Å². The number of anilines is 2. The summed E-state index contributed by atoms with van der Waals surface area (Å²) in [6.07, 6.45) is 7.58. The van der Waals surface area contributed by atoms with Gasteiger partial charge in [0.1, 0.15) is 17.4 Å². The van der Waals surface area contributed by atoms with Crippen molar-refractivity contribution >= 4 is 11.8 Å². The topological polar surface area (TPSA) is 64.3 Å². The minimum atomic E-state index is -0.334. The first kappa shape index (κ1) is 14.8. The van der Waals surface area contributed by atoms with Gasteiger partial charge in [-0.15, -0.1) is 0 Å². The van der Waals surface area contributed by atoms with Gasteiger partial charge in [0, 0.05) is 24.0 Å². The third kappa shape index (κ3) is 3.37. The van der Waals surface area contributed by atoms with Crippen LogP contribution in [0.2, 0.25) is 0 Å². The number of hydrogen-bond donors (Lipinski definition) is 1. The van der Waals surface area contributed by atoms with Gasteiger partial charge < -0.3 is 15.4 Å². The molecule has 1 aliphatic heterocycles. The van der Waals surface area contributed by atoms with Gasteiger partial charge in [0.25, 0.3) is 0 Å². The second-order valence-electron chi connectivity index (χ2n) is 4.82. The van der Waals surface area contributed by atoms with Crippen LogP contribution in [0.3, 0.4) is 0 Å². The van der Waals surface area contributed by atoms with Crippen LogP contribution in [-0.2, 0) is 0 Å². The Morgan fingerprint density at radius 1 is 1.17 bits per heavy atom. The number of nitrogens with two attached hydrogens (primary N) is 1. The van der Waals surface area contributed by atoms with E-state index in [0.29, 0.717) is 11.5 Å². The summed E-state index contributed by atoms with van der Waals surface area (Å²) >= 11 is 0. The van der Waals surface area contributed by atoms with E-state index in [1.165, 1.54) is 12.2 Å². The van der Waals surface area contributed by atoms with Crippen molar-refractivity contribution in [2.24, 2.45) is 0 Å². The molecule has 2 N–H and O–H groups in total. The molecule has 0 spiro atoms. The molecule has 0 radical (unpaired) electrons. The summed E-state index contributed by atoms with van der Waals surface area (Å²) in [6.45, 7) is 0. The van der Waals surface area contributed by atoms with Crippen molar-refractivity contribution in [3.63, 3.8) is 0 Å². The van der Waals surface area contributed by atoms with Crippen molar-refractivity contribution in [3.05, 3.63) is 66.8 Å². The van der Waals surface area contributed by atoms with Crippen LogP contribution in [0, 0.1) is 0 Å². The van der Waals surface area contributed by atoms with Crippen molar-refractivity contribution in [2.45, 2.75) is 0 Å². The molecule has 0 bridgehead atoms. The van der Waals surface area contributed by atoms with Gasteiger partial charge in [-0.3, -0.25) is 0 Å². The summed E-state index contributed by atoms with van der Waals surface area (Å²) in [5, 5.41) is 0. The van der Waals surface area contributed by atoms with Crippen molar-refractivity contribution in [3.8, 4) is 17.0 Å². The van der Waals surface area contributed by atoms with Crippen LogP contribution in [0.25, 0.3) is 11.3 Å². The van der Waals surface area contributed by atoms with Gasteiger partial charge in [0.2, 0.25) is 5.95 Å². The molecule has 0 atom stereocenters. The van der Waals surface area contributed by atoms with E-state index < -0.39 is 0 Å². The molecular formula is C17H15FN4O. The lowest BCUT2D eigenvalue weighted by Gasteiger charge is -2.15. The number of aromatic nitrogens is 2. The summed E-state index contributed by atoms with van der Waals surface area (Å²) in [5.74, 6) is 1.08. The number of hydrogen-bond acceptors (Lipinski definition) is 5. The molecule has 0 saturated heterocycles. The Labute approximate surface area is 133 Å². The molecular weight excluding hydrogens is 295 g/mol. The Morgan fingerprint density at radius 3 is 2.87 bits per heavy atom. The van der Waals surface area contributed by atoms with E-state index in [-0.39, 0.29) is 11.8 Å². The smallest absolute Gasteiger partial charge is 0.222 e. The highest BCUT2D eigenvalue weighted by molar-refractivity contribution is 5.67. The predicted molar refractivity (Wildman–Crippen MR) is 88.4 cm³/mol. The number of benzene rings is 1. The van der Waals surface area contributed by atoms with E-state index >= 15 is 0 Å². The highest BCUT2D eigenvalue weighted by Gasteiger charge is 2.10. The molecule has 1 aliphatic rings. The summed E-state index contributed by atoms with van der Waals surface area (Å²) < 4.78 is 18.5. The third-order valence-electron chi connectivity index (χ3n) is 3.26. The Hall–Kier alpha value is -3.15. The normalized spacial score (nSPS) is 13.7. The standard InChI is InChI=1S/C17H15FN4O/c1-23-14-6-2-4-12(10-14)15-11-16(21-17(19)20-15)22-8-3-5-13(18)7-9-22/h2-11H,1H3,(H2,19,20,21). The first-order valence-electron chi connectivity index (χ1n) is 6.95. The van der Waals surface area contributed by atoms with Crippen LogP contribution in [0.15, 0.2) is 66.8 Å². The van der Waals surface area contributed by atoms with Crippen molar-refractivity contribution in [1.29, 1.82) is 0 Å². The molecule has 6 heteroatoms. The maximum Gasteiger partial charge on any atom is 0.222 e. The zero-order valence-electron chi connectivity index (χ0n) is 12.5. The number of allylic oxidation sites excluding steroid dienone is 4. The highest BCUT2D eigenvalue weighted by Crippen LogP contribution is 2.26. The fourth-order valence-electron chi connectivity index (χ4n) is 2.15. The van der Waals surface area contributed by atoms with Gasteiger partial charge in [-0.05, 0) is 30.4 Å². The van der Waals surface area contributed by atoms with Crippen LogP contribution in [0.5, 0.6) is 5.75 Å². The van der Waals surface area contributed by atoms with Gasteiger partial charge >= 0.3 is 0 Å². The second kappa shape index (κ2) is 6.31. The summed E-state index contributed by atoms with van der Waals surface area (Å²) in [5.41, 5.74) is 7.34. The first-order chi connectivity index (χ1) is 11.2. The molecule has 0 unspecified atom stereocenters. The molecule has 0 saturated carbocycles. The van der Waals surface area contributed by atoms with Crippen LogP contribution in [0.4, 0.5) is 16.2 Å². The van der Waals surface area contributed by atoms with Gasteiger partial charge in [0.15, 0.2) is 0 Å². The van der Waals surface area contributed by atoms with E-state index in [4.69, 9.17) is 10.5 Å². The molecule has 0 aliphatic carbocycles. The number of nitrogen functional groups attached to an aromatic ring is 1. The Balaban J connectivity index is 2.01. The Bertz CT molecular complexity index is 814. The number of ether oxygens (including phenoxy) is 1. The number of rotatable bonds is 3. The molecule has 2 aromatic rings. The monoisotopic (exact) mass is 310 g/mol. The van der Waals surface area contributed by atoms with E-state index in [1.807, 2.05) is 24.3 Å². The average Bonchev–Trinajstić information content (AvgIpc) is 2.79. The van der Waals surface area contributed by atoms with Gasteiger partial charge in [-0.1, -0.05) is 12.1 Å². The quantitative estimate of drug-likeness (QED) is 0.941. The average molecular weight is 310 g/mol. The predicted octanol–water partition coefficient (Wildman–Crippen LogP) is 3.44. The lowest BCUT2D eigenvalue weighted by molar-refractivity contribution is 0.415. The van der Waals surface area contributed by atoms with Crippen LogP contribution in [-0.4, -0.2) is 17.1 Å². The van der Waals surface area contributed by atoms with Crippen LogP contribution >= 0.6 is 0 Å². The van der Waals surface area contributed by atoms with Gasteiger partial charge in [-0.25, -0.2) is 9.37 Å². The number of halogens is 1. The molecule has 23 heavy (non-hydrogen) atoms. The molecule has 5 nitrogen and oxygen atoms in total. The first-order valence-corrected chi connectivity index (χ1v) is 6.95. The Kier molecular flexibility index (Phi) is 4.05. The summed E-state index contributed by atoms with van der Waals surface area (Å²) in [7, 11) is 1.60. The van der Waals surface area contributed by atoms with Gasteiger partial charge in [-0.2, -0.15) is 4.98 Å². The Morgan fingerprint density at radius 2 is 2.04 bits per heavy atom. The maximum atomic E-state index is 13.3. The van der Waals surface area contributed by atoms with Gasteiger partial charge in [0.05, 0.1) is 12.8 Å². The maximum absolute atomic E-state index is 13.3. The molecule has 3 rings (SSSR count). The minimum Gasteiger partial charge on any atom is -0.497 e. The lowest BCUT2D eigenvalue weighted by atomic mass is 10.1. The van der Waals surface area contributed by atoms with Crippen LogP contribution < -0.4 is 15.4 Å².